The number of allylic oxidation sites excluding steroid dienone is 2. The van der Waals surface area contributed by atoms with Gasteiger partial charge in [-0.3, -0.25) is 9.59 Å². The Morgan fingerprint density at radius 1 is 0.553 bits per heavy atom. The molecule has 0 aliphatic heterocycles. The van der Waals surface area contributed by atoms with Gasteiger partial charge in [0.05, 0.1) is 16.1 Å². The Morgan fingerprint density at radius 3 is 1.00 bits per heavy atom. The van der Waals surface area contributed by atoms with Gasteiger partial charge in [-0.15, -0.1) is 0 Å². The van der Waals surface area contributed by atoms with Crippen molar-refractivity contribution in [3.8, 4) is 0 Å². The predicted molar refractivity (Wildman–Crippen MR) is 161 cm³/mol. The highest BCUT2D eigenvalue weighted by molar-refractivity contribution is 6.94. The molecule has 0 amide bonds. The number of carbonyl (C=O) groups is 2. The van der Waals surface area contributed by atoms with Crippen molar-refractivity contribution in [2.75, 3.05) is 0 Å². The standard InChI is InChI=1S/C32H50O4Si2/c1-17(2)37(18(3)4,19(5)6)29-25(33)13-23-15-32(36)28-24(16-31(32,35)27(23)29)14-26(34)30(28)38(20(7)8,21(9)10)22(11)12/h15-22,35-36H,13-14H2,1-12H3/t31-,32-/m0/s1. The van der Waals surface area contributed by atoms with Gasteiger partial charge < -0.3 is 10.2 Å². The van der Waals surface area contributed by atoms with E-state index in [1.165, 1.54) is 0 Å². The summed E-state index contributed by atoms with van der Waals surface area (Å²) in [5.41, 5.74) is 1.36. The molecule has 0 aromatic heterocycles. The molecule has 210 valence electrons. The average molecular weight is 555 g/mol. The summed E-state index contributed by atoms with van der Waals surface area (Å²) >= 11 is 0. The number of Topliss-reactive ketones (excluding diaryl/α,β-unsaturated/α-hetero) is 2. The van der Waals surface area contributed by atoms with Gasteiger partial charge in [-0.25, -0.2) is 0 Å². The van der Waals surface area contributed by atoms with Crippen LogP contribution in [-0.2, 0) is 9.59 Å². The number of hydrogen-bond acceptors (Lipinski definition) is 4. The number of ketones is 2. The normalized spacial score (nSPS) is 27.8. The molecule has 0 bridgehead atoms. The van der Waals surface area contributed by atoms with E-state index in [2.05, 4.69) is 83.1 Å². The molecule has 4 aliphatic rings. The Bertz CT molecular complexity index is 1070. The van der Waals surface area contributed by atoms with Gasteiger partial charge in [-0.05, 0) is 78.1 Å². The minimum absolute atomic E-state index is 0.125. The molecule has 4 rings (SSSR count). The predicted octanol–water partition coefficient (Wildman–Crippen LogP) is 7.30. The Morgan fingerprint density at radius 2 is 0.789 bits per heavy atom. The summed E-state index contributed by atoms with van der Waals surface area (Å²) in [6.45, 7) is 26.8. The van der Waals surface area contributed by atoms with Gasteiger partial charge in [-0.2, -0.15) is 0 Å². The summed E-state index contributed by atoms with van der Waals surface area (Å²) in [5, 5.41) is 27.0. The lowest BCUT2D eigenvalue weighted by Crippen LogP contribution is -2.55. The van der Waals surface area contributed by atoms with Crippen LogP contribution in [0.3, 0.4) is 0 Å². The van der Waals surface area contributed by atoms with Crippen molar-refractivity contribution >= 4 is 27.7 Å². The molecule has 0 spiro atoms. The maximum atomic E-state index is 13.8. The van der Waals surface area contributed by atoms with Gasteiger partial charge in [0.15, 0.2) is 11.6 Å². The molecule has 4 nitrogen and oxygen atoms in total. The first-order chi connectivity index (χ1) is 17.4. The summed E-state index contributed by atoms with van der Waals surface area (Å²) in [7, 11) is -4.85. The lowest BCUT2D eigenvalue weighted by Gasteiger charge is -2.47. The van der Waals surface area contributed by atoms with Crippen molar-refractivity contribution in [1.29, 1.82) is 0 Å². The van der Waals surface area contributed by atoms with Crippen LogP contribution in [0.25, 0.3) is 0 Å². The van der Waals surface area contributed by atoms with Crippen molar-refractivity contribution in [3.63, 3.8) is 0 Å². The summed E-state index contributed by atoms with van der Waals surface area (Å²) < 4.78 is 0. The Kier molecular flexibility index (Phi) is 7.08. The number of carbonyl (C=O) groups excluding carboxylic acids is 2. The zero-order chi connectivity index (χ0) is 28.9. The molecule has 0 saturated heterocycles. The first kappa shape index (κ1) is 29.6. The van der Waals surface area contributed by atoms with E-state index in [4.69, 9.17) is 0 Å². The highest BCUT2D eigenvalue weighted by atomic mass is 28.3. The fraction of sp³-hybridized carbons (Fsp3) is 0.688. The van der Waals surface area contributed by atoms with Gasteiger partial charge in [-0.1, -0.05) is 83.1 Å². The van der Waals surface area contributed by atoms with Gasteiger partial charge in [0.25, 0.3) is 0 Å². The second-order valence-corrected chi connectivity index (χ2v) is 26.0. The molecule has 0 saturated carbocycles. The number of aliphatic hydroxyl groups is 2. The van der Waals surface area contributed by atoms with Crippen LogP contribution in [0, 0.1) is 0 Å². The lowest BCUT2D eigenvalue weighted by atomic mass is 9.83. The molecule has 0 fully saturated rings. The maximum Gasteiger partial charge on any atom is 0.159 e. The molecule has 2 atom stereocenters. The highest BCUT2D eigenvalue weighted by Crippen LogP contribution is 2.65. The molecule has 38 heavy (non-hydrogen) atoms. The van der Waals surface area contributed by atoms with Gasteiger partial charge in [0.2, 0.25) is 0 Å². The van der Waals surface area contributed by atoms with E-state index in [1.807, 2.05) is 0 Å². The SMILES string of the molecule is CC(C)[Si](C1=C2C(=C[C@]3(O)C4=C([Si](C(C)C)(C(C)C)C(C)C)C(=O)CC4=C[C@]23O)CC1=O)(C(C)C)C(C)C. The molecule has 0 aromatic rings. The highest BCUT2D eigenvalue weighted by Gasteiger charge is 2.69. The first-order valence-electron chi connectivity index (χ1n) is 14.8. The molecule has 2 N–H and O–H groups in total. The first-order valence-corrected chi connectivity index (χ1v) is 19.3. The van der Waals surface area contributed by atoms with Crippen LogP contribution >= 0.6 is 0 Å². The summed E-state index contributed by atoms with van der Waals surface area (Å²) in [6, 6.07) is 0. The van der Waals surface area contributed by atoms with E-state index in [-0.39, 0.29) is 24.4 Å². The van der Waals surface area contributed by atoms with Crippen LogP contribution in [0.1, 0.15) is 95.9 Å². The van der Waals surface area contributed by atoms with E-state index in [0.717, 1.165) is 21.5 Å². The van der Waals surface area contributed by atoms with Crippen LogP contribution in [0.4, 0.5) is 0 Å². The zero-order valence-electron chi connectivity index (χ0n) is 25.7. The minimum atomic E-state index is -2.43. The van der Waals surface area contributed by atoms with Crippen molar-refractivity contribution in [1.82, 2.24) is 0 Å². The third-order valence-electron chi connectivity index (χ3n) is 11.1. The zero-order valence-corrected chi connectivity index (χ0v) is 27.7. The Labute approximate surface area is 232 Å². The fourth-order valence-corrected chi connectivity index (χ4v) is 24.5. The second kappa shape index (κ2) is 9.08. The van der Waals surface area contributed by atoms with Crippen molar-refractivity contribution in [2.45, 2.75) is 140 Å². The molecule has 6 heteroatoms. The van der Waals surface area contributed by atoms with Crippen molar-refractivity contribution < 1.29 is 19.8 Å². The van der Waals surface area contributed by atoms with Crippen LogP contribution in [0.5, 0.6) is 0 Å². The minimum Gasteiger partial charge on any atom is -0.377 e. The van der Waals surface area contributed by atoms with Crippen LogP contribution in [-0.4, -0.2) is 49.1 Å². The summed E-state index contributed by atoms with van der Waals surface area (Å²) in [5.74, 6) is 0.251. The van der Waals surface area contributed by atoms with Crippen molar-refractivity contribution in [3.05, 3.63) is 44.8 Å². The average Bonchev–Trinajstić information content (AvgIpc) is 3.36. The lowest BCUT2D eigenvalue weighted by molar-refractivity contribution is -0.115. The van der Waals surface area contributed by atoms with Gasteiger partial charge in [0.1, 0.15) is 11.2 Å². The largest absolute Gasteiger partial charge is 0.377 e. The Balaban J connectivity index is 2.10. The van der Waals surface area contributed by atoms with Crippen LogP contribution < -0.4 is 0 Å². The molecule has 0 unspecified atom stereocenters. The Hall–Kier alpha value is -1.35. The molecular formula is C32H50O4Si2. The molecule has 4 aliphatic carbocycles. The second-order valence-electron chi connectivity index (χ2n) is 14.4. The number of rotatable bonds is 8. The fourth-order valence-electron chi connectivity index (χ4n) is 10.3. The summed E-state index contributed by atoms with van der Waals surface area (Å²) in [4.78, 5) is 27.7. The number of hydrogen-bond donors (Lipinski definition) is 2. The van der Waals surface area contributed by atoms with E-state index < -0.39 is 27.3 Å². The number of fused-ring (bicyclic) bond motifs is 5. The third-order valence-corrected chi connectivity index (χ3v) is 25.4. The maximum absolute atomic E-state index is 13.8. The molecular weight excluding hydrogens is 505 g/mol. The topological polar surface area (TPSA) is 74.6 Å². The van der Waals surface area contributed by atoms with Crippen LogP contribution in [0.2, 0.25) is 33.2 Å². The molecule has 0 heterocycles. The van der Waals surface area contributed by atoms with E-state index in [1.54, 1.807) is 12.2 Å². The summed E-state index contributed by atoms with van der Waals surface area (Å²) in [6.07, 6.45) is 4.03. The van der Waals surface area contributed by atoms with Crippen molar-refractivity contribution in [2.24, 2.45) is 0 Å². The molecule has 0 aromatic carbocycles. The third kappa shape index (κ3) is 3.26. The van der Waals surface area contributed by atoms with Gasteiger partial charge in [0, 0.05) is 12.8 Å². The quantitative estimate of drug-likeness (QED) is 0.309. The van der Waals surface area contributed by atoms with Gasteiger partial charge >= 0.3 is 0 Å². The van der Waals surface area contributed by atoms with E-state index in [9.17, 15) is 19.8 Å². The smallest absolute Gasteiger partial charge is 0.159 e. The van der Waals surface area contributed by atoms with E-state index >= 15 is 0 Å². The monoisotopic (exact) mass is 554 g/mol. The molecule has 0 radical (unpaired) electrons. The van der Waals surface area contributed by atoms with Crippen LogP contribution in [0.15, 0.2) is 44.8 Å². The van der Waals surface area contributed by atoms with E-state index in [0.29, 0.717) is 44.4 Å².